The minimum absolute atomic E-state index is 0.125. The molecule has 0 radical (unpaired) electrons. The Bertz CT molecular complexity index is 260. The molecule has 0 unspecified atom stereocenters. The Hall–Kier alpha value is -0.970. The number of rotatable bonds is 1. The standard InChI is InChI=1S/C8H15N5/c1-8(7-9-11-12-10-7)3-5-13(2)6-4-8/h3-6H2,1-2H3,(H,9,10,11,12). The molecule has 13 heavy (non-hydrogen) atoms. The van der Waals surface area contributed by atoms with E-state index in [4.69, 9.17) is 0 Å². The Kier molecular flexibility index (Phi) is 2.03. The summed E-state index contributed by atoms with van der Waals surface area (Å²) in [4.78, 5) is 2.34. The van der Waals surface area contributed by atoms with Gasteiger partial charge >= 0.3 is 0 Å². The molecule has 72 valence electrons. The first-order valence-electron chi connectivity index (χ1n) is 4.63. The Balaban J connectivity index is 2.13. The highest BCUT2D eigenvalue weighted by Crippen LogP contribution is 2.31. The highest BCUT2D eigenvalue weighted by molar-refractivity contribution is 5.04. The molecular formula is C8H15N5. The van der Waals surface area contributed by atoms with E-state index in [0.717, 1.165) is 31.8 Å². The summed E-state index contributed by atoms with van der Waals surface area (Å²) in [5.41, 5.74) is 0.125. The maximum atomic E-state index is 4.07. The molecule has 1 saturated heterocycles. The van der Waals surface area contributed by atoms with Crippen molar-refractivity contribution in [1.82, 2.24) is 25.5 Å². The zero-order chi connectivity index (χ0) is 9.31. The van der Waals surface area contributed by atoms with Gasteiger partial charge in [-0.3, -0.25) is 0 Å². The van der Waals surface area contributed by atoms with E-state index in [1.165, 1.54) is 0 Å². The van der Waals surface area contributed by atoms with E-state index in [-0.39, 0.29) is 5.41 Å². The van der Waals surface area contributed by atoms with E-state index in [2.05, 4.69) is 39.5 Å². The van der Waals surface area contributed by atoms with Crippen molar-refractivity contribution in [2.75, 3.05) is 20.1 Å². The van der Waals surface area contributed by atoms with Crippen molar-refractivity contribution in [2.45, 2.75) is 25.2 Å². The van der Waals surface area contributed by atoms with Gasteiger partial charge in [-0.1, -0.05) is 12.1 Å². The minimum atomic E-state index is 0.125. The SMILES string of the molecule is CN1CCC(C)(c2nn[nH]n2)CC1. The maximum Gasteiger partial charge on any atom is 0.180 e. The van der Waals surface area contributed by atoms with Gasteiger partial charge in [0.25, 0.3) is 0 Å². The summed E-state index contributed by atoms with van der Waals surface area (Å²) >= 11 is 0. The fraction of sp³-hybridized carbons (Fsp3) is 0.875. The Morgan fingerprint density at radius 2 is 2.08 bits per heavy atom. The Morgan fingerprint density at radius 3 is 2.62 bits per heavy atom. The number of aromatic nitrogens is 4. The number of hydrogen-bond donors (Lipinski definition) is 1. The predicted molar refractivity (Wildman–Crippen MR) is 48.3 cm³/mol. The average Bonchev–Trinajstić information content (AvgIpc) is 2.63. The van der Waals surface area contributed by atoms with E-state index in [0.29, 0.717) is 0 Å². The molecule has 1 aromatic rings. The molecule has 5 nitrogen and oxygen atoms in total. The van der Waals surface area contributed by atoms with Gasteiger partial charge < -0.3 is 4.90 Å². The quantitative estimate of drug-likeness (QED) is 0.671. The average molecular weight is 181 g/mol. The summed E-state index contributed by atoms with van der Waals surface area (Å²) in [7, 11) is 2.15. The van der Waals surface area contributed by atoms with Gasteiger partial charge in [-0.05, 0) is 33.0 Å². The second-order valence-corrected chi connectivity index (χ2v) is 4.10. The molecule has 0 amide bonds. The molecule has 1 aromatic heterocycles. The third-order valence-electron chi connectivity index (χ3n) is 2.98. The van der Waals surface area contributed by atoms with Crippen LogP contribution in [0.2, 0.25) is 0 Å². The van der Waals surface area contributed by atoms with Crippen LogP contribution in [-0.4, -0.2) is 45.7 Å². The van der Waals surface area contributed by atoms with Crippen LogP contribution >= 0.6 is 0 Å². The second-order valence-electron chi connectivity index (χ2n) is 4.10. The molecule has 0 atom stereocenters. The fourth-order valence-electron chi connectivity index (χ4n) is 1.75. The van der Waals surface area contributed by atoms with Crippen molar-refractivity contribution in [3.63, 3.8) is 0 Å². The summed E-state index contributed by atoms with van der Waals surface area (Å²) in [6, 6.07) is 0. The van der Waals surface area contributed by atoms with E-state index in [1.807, 2.05) is 0 Å². The molecule has 0 spiro atoms. The van der Waals surface area contributed by atoms with Crippen molar-refractivity contribution < 1.29 is 0 Å². The number of tetrazole rings is 1. The lowest BCUT2D eigenvalue weighted by atomic mass is 9.80. The lowest BCUT2D eigenvalue weighted by Gasteiger charge is -2.35. The highest BCUT2D eigenvalue weighted by atomic mass is 15.5. The number of likely N-dealkylation sites (tertiary alicyclic amines) is 1. The van der Waals surface area contributed by atoms with Crippen LogP contribution in [-0.2, 0) is 5.41 Å². The van der Waals surface area contributed by atoms with Crippen molar-refractivity contribution in [1.29, 1.82) is 0 Å². The van der Waals surface area contributed by atoms with Crippen LogP contribution in [0.1, 0.15) is 25.6 Å². The topological polar surface area (TPSA) is 57.7 Å². The smallest absolute Gasteiger partial charge is 0.180 e. The van der Waals surface area contributed by atoms with Gasteiger partial charge in [0.1, 0.15) is 0 Å². The molecule has 1 aliphatic heterocycles. The number of hydrogen-bond acceptors (Lipinski definition) is 4. The molecule has 1 N–H and O–H groups in total. The highest BCUT2D eigenvalue weighted by Gasteiger charge is 2.34. The number of nitrogens with zero attached hydrogens (tertiary/aromatic N) is 4. The van der Waals surface area contributed by atoms with Crippen molar-refractivity contribution in [3.8, 4) is 0 Å². The molecule has 1 aliphatic rings. The van der Waals surface area contributed by atoms with Gasteiger partial charge in [0.05, 0.1) is 0 Å². The van der Waals surface area contributed by atoms with E-state index in [9.17, 15) is 0 Å². The molecule has 0 bridgehead atoms. The van der Waals surface area contributed by atoms with E-state index < -0.39 is 0 Å². The van der Waals surface area contributed by atoms with Crippen LogP contribution in [0.5, 0.6) is 0 Å². The minimum Gasteiger partial charge on any atom is -0.306 e. The Labute approximate surface area is 77.5 Å². The molecule has 1 fully saturated rings. The van der Waals surface area contributed by atoms with E-state index in [1.54, 1.807) is 0 Å². The van der Waals surface area contributed by atoms with Crippen LogP contribution in [0.3, 0.4) is 0 Å². The summed E-state index contributed by atoms with van der Waals surface area (Å²) < 4.78 is 0. The molecule has 0 aliphatic carbocycles. The number of nitrogens with one attached hydrogen (secondary N) is 1. The lowest BCUT2D eigenvalue weighted by Crippen LogP contribution is -2.39. The monoisotopic (exact) mass is 181 g/mol. The zero-order valence-electron chi connectivity index (χ0n) is 8.12. The van der Waals surface area contributed by atoms with Gasteiger partial charge in [-0.15, -0.1) is 10.2 Å². The van der Waals surface area contributed by atoms with Crippen molar-refractivity contribution in [3.05, 3.63) is 5.82 Å². The van der Waals surface area contributed by atoms with Gasteiger partial charge in [-0.2, -0.15) is 5.21 Å². The summed E-state index contributed by atoms with van der Waals surface area (Å²) in [5, 5.41) is 14.3. The number of aromatic amines is 1. The largest absolute Gasteiger partial charge is 0.306 e. The van der Waals surface area contributed by atoms with Crippen LogP contribution < -0.4 is 0 Å². The summed E-state index contributed by atoms with van der Waals surface area (Å²) in [6.07, 6.45) is 2.23. The molecule has 0 aromatic carbocycles. The van der Waals surface area contributed by atoms with Gasteiger partial charge in [-0.25, -0.2) is 0 Å². The number of H-pyrrole nitrogens is 1. The Morgan fingerprint density at radius 1 is 1.38 bits per heavy atom. The van der Waals surface area contributed by atoms with Crippen LogP contribution in [0, 0.1) is 0 Å². The third kappa shape index (κ3) is 1.56. The lowest BCUT2D eigenvalue weighted by molar-refractivity contribution is 0.193. The zero-order valence-corrected chi connectivity index (χ0v) is 8.12. The van der Waals surface area contributed by atoms with Crippen molar-refractivity contribution >= 4 is 0 Å². The van der Waals surface area contributed by atoms with Gasteiger partial charge in [0.15, 0.2) is 5.82 Å². The number of piperidine rings is 1. The first kappa shape index (κ1) is 8.62. The van der Waals surface area contributed by atoms with E-state index >= 15 is 0 Å². The second kappa shape index (κ2) is 3.06. The first-order valence-corrected chi connectivity index (χ1v) is 4.63. The first-order chi connectivity index (χ1) is 6.21. The van der Waals surface area contributed by atoms with Gasteiger partial charge in [0, 0.05) is 5.41 Å². The molecule has 5 heteroatoms. The van der Waals surface area contributed by atoms with Crippen LogP contribution in [0.25, 0.3) is 0 Å². The molecule has 2 heterocycles. The summed E-state index contributed by atoms with van der Waals surface area (Å²) in [5.74, 6) is 0.862. The molecule has 2 rings (SSSR count). The van der Waals surface area contributed by atoms with Crippen LogP contribution in [0.15, 0.2) is 0 Å². The van der Waals surface area contributed by atoms with Crippen LogP contribution in [0.4, 0.5) is 0 Å². The predicted octanol–water partition coefficient (Wildman–Crippen LogP) is 0.183. The van der Waals surface area contributed by atoms with Gasteiger partial charge in [0.2, 0.25) is 0 Å². The maximum absolute atomic E-state index is 4.07. The summed E-state index contributed by atoms with van der Waals surface area (Å²) in [6.45, 7) is 4.45. The normalized spacial score (nSPS) is 23.2. The van der Waals surface area contributed by atoms with Crippen molar-refractivity contribution in [2.24, 2.45) is 0 Å². The fourth-order valence-corrected chi connectivity index (χ4v) is 1.75. The molecular weight excluding hydrogens is 166 g/mol. The third-order valence-corrected chi connectivity index (χ3v) is 2.98. The molecule has 0 saturated carbocycles.